The van der Waals surface area contributed by atoms with Gasteiger partial charge < -0.3 is 5.11 Å². The molecule has 0 aliphatic carbocycles. The van der Waals surface area contributed by atoms with Gasteiger partial charge in [0.15, 0.2) is 11.2 Å². The van der Waals surface area contributed by atoms with Gasteiger partial charge in [0.2, 0.25) is 0 Å². The van der Waals surface area contributed by atoms with Crippen LogP contribution in [-0.4, -0.2) is 41.3 Å². The highest BCUT2D eigenvalue weighted by molar-refractivity contribution is 8.00. The Hall–Kier alpha value is -2.48. The van der Waals surface area contributed by atoms with Crippen molar-refractivity contribution in [3.05, 3.63) is 41.7 Å². The van der Waals surface area contributed by atoms with Crippen LogP contribution in [0.2, 0.25) is 0 Å². The summed E-state index contributed by atoms with van der Waals surface area (Å²) in [7, 11) is 0. The van der Waals surface area contributed by atoms with Crippen LogP contribution < -0.4 is 0 Å². The fraction of sp³-hybridized carbons (Fsp3) is 0.389. The molecule has 0 aliphatic heterocycles. The summed E-state index contributed by atoms with van der Waals surface area (Å²) in [6.07, 6.45) is 3.85. The summed E-state index contributed by atoms with van der Waals surface area (Å²) in [6, 6.07) is 8.20. The zero-order chi connectivity index (χ0) is 18.5. The maximum Gasteiger partial charge on any atom is 0.317 e. The Balaban J connectivity index is 1.85. The molecule has 0 saturated heterocycles. The summed E-state index contributed by atoms with van der Waals surface area (Å²) in [6.45, 7) is 4.64. The zero-order valence-electron chi connectivity index (χ0n) is 14.8. The van der Waals surface area contributed by atoms with Gasteiger partial charge in [0.25, 0.3) is 0 Å². The maximum atomic E-state index is 11.5. The van der Waals surface area contributed by atoms with E-state index in [0.29, 0.717) is 29.2 Å². The Kier molecular flexibility index (Phi) is 5.82. The molecule has 0 bridgehead atoms. The van der Waals surface area contributed by atoms with E-state index in [4.69, 9.17) is 0 Å². The van der Waals surface area contributed by atoms with Gasteiger partial charge in [-0.15, -0.1) is 5.10 Å². The van der Waals surface area contributed by atoms with E-state index in [-0.39, 0.29) is 0 Å². The van der Waals surface area contributed by atoms with Gasteiger partial charge in [0.1, 0.15) is 16.6 Å². The van der Waals surface area contributed by atoms with Gasteiger partial charge in [-0.25, -0.2) is 14.6 Å². The fourth-order valence-corrected chi connectivity index (χ4v) is 3.59. The third-order valence-corrected chi connectivity index (χ3v) is 5.31. The van der Waals surface area contributed by atoms with Crippen LogP contribution in [0, 0.1) is 6.92 Å². The molecule has 0 saturated carbocycles. The third kappa shape index (κ3) is 4.19. The number of aliphatic carboxylic acids is 1. The molecule has 1 unspecified atom stereocenters. The number of hydrogen-bond donors (Lipinski definition) is 1. The predicted octanol–water partition coefficient (Wildman–Crippen LogP) is 3.31. The number of nitrogens with zero attached hydrogens (tertiary/aromatic N) is 5. The van der Waals surface area contributed by atoms with Crippen LogP contribution in [0.3, 0.4) is 0 Å². The lowest BCUT2D eigenvalue weighted by Gasteiger charge is -2.10. The number of thioether (sulfide) groups is 1. The Morgan fingerprint density at radius 3 is 2.73 bits per heavy atom. The molecule has 1 aromatic carbocycles. The molecule has 3 rings (SSSR count). The molecular formula is C18H21N5O2S. The summed E-state index contributed by atoms with van der Waals surface area (Å²) >= 11 is 1.22. The van der Waals surface area contributed by atoms with E-state index in [1.807, 2.05) is 26.0 Å². The molecule has 1 atom stereocenters. The Bertz CT molecular complexity index is 894. The summed E-state index contributed by atoms with van der Waals surface area (Å²) < 4.78 is 1.72. The molecule has 7 nitrogen and oxygen atoms in total. The third-order valence-electron chi connectivity index (χ3n) is 4.07. The van der Waals surface area contributed by atoms with Gasteiger partial charge in [-0.2, -0.15) is 0 Å². The number of carbonyl (C=O) groups is 1. The van der Waals surface area contributed by atoms with Crippen LogP contribution in [0.1, 0.15) is 37.3 Å². The first kappa shape index (κ1) is 18.3. The van der Waals surface area contributed by atoms with Gasteiger partial charge in [0, 0.05) is 0 Å². The Morgan fingerprint density at radius 2 is 2.04 bits per heavy atom. The van der Waals surface area contributed by atoms with Crippen molar-refractivity contribution in [3.8, 4) is 0 Å². The predicted molar refractivity (Wildman–Crippen MR) is 100 cm³/mol. The number of unbranched alkanes of at least 4 members (excludes halogenated alkanes) is 1. The summed E-state index contributed by atoms with van der Waals surface area (Å²) in [5.41, 5.74) is 3.46. The van der Waals surface area contributed by atoms with Crippen LogP contribution in [0.4, 0.5) is 0 Å². The molecule has 2 aromatic heterocycles. The first-order valence-corrected chi connectivity index (χ1v) is 9.45. The van der Waals surface area contributed by atoms with Crippen molar-refractivity contribution in [3.63, 3.8) is 0 Å². The van der Waals surface area contributed by atoms with Crippen molar-refractivity contribution < 1.29 is 9.90 Å². The van der Waals surface area contributed by atoms with E-state index < -0.39 is 11.2 Å². The lowest BCUT2D eigenvalue weighted by Crippen LogP contribution is -2.16. The molecule has 26 heavy (non-hydrogen) atoms. The molecule has 0 spiro atoms. The number of aromatic nitrogens is 5. The second kappa shape index (κ2) is 8.27. The summed E-state index contributed by atoms with van der Waals surface area (Å²) in [5, 5.41) is 17.9. The molecule has 0 radical (unpaired) electrons. The molecule has 2 heterocycles. The van der Waals surface area contributed by atoms with Crippen molar-refractivity contribution in [1.29, 1.82) is 0 Å². The minimum absolute atomic E-state index is 0.546. The van der Waals surface area contributed by atoms with Crippen LogP contribution in [0.5, 0.6) is 0 Å². The molecule has 0 amide bonds. The minimum Gasteiger partial charge on any atom is -0.480 e. The summed E-state index contributed by atoms with van der Waals surface area (Å²) in [4.78, 5) is 20.1. The van der Waals surface area contributed by atoms with Crippen LogP contribution in [0.15, 0.2) is 35.6 Å². The van der Waals surface area contributed by atoms with Crippen LogP contribution >= 0.6 is 11.8 Å². The van der Waals surface area contributed by atoms with Gasteiger partial charge in [-0.3, -0.25) is 4.79 Å². The fourth-order valence-electron chi connectivity index (χ4n) is 2.59. The Labute approximate surface area is 155 Å². The van der Waals surface area contributed by atoms with E-state index in [1.54, 1.807) is 4.68 Å². The SMILES string of the molecule is CCCCC(Sc1ncnc2c1nnn2Cc1ccc(C)cc1)C(=O)O. The van der Waals surface area contributed by atoms with Gasteiger partial charge in [0.05, 0.1) is 6.54 Å². The topological polar surface area (TPSA) is 93.8 Å². The highest BCUT2D eigenvalue weighted by Crippen LogP contribution is 2.29. The normalized spacial score (nSPS) is 12.4. The molecule has 1 N–H and O–H groups in total. The van der Waals surface area contributed by atoms with Crippen molar-refractivity contribution >= 4 is 28.9 Å². The smallest absolute Gasteiger partial charge is 0.317 e. The molecule has 8 heteroatoms. The first-order chi connectivity index (χ1) is 12.6. The number of rotatable bonds is 8. The lowest BCUT2D eigenvalue weighted by atomic mass is 10.1. The number of carboxylic acid groups (broad SMARTS) is 1. The standard InChI is InChI=1S/C18H21N5O2S/c1-3-4-5-14(18(24)25)26-17-15-16(19-11-20-17)23(22-21-15)10-13-8-6-12(2)7-9-13/h6-9,11,14H,3-5,10H2,1-2H3,(H,24,25). The highest BCUT2D eigenvalue weighted by atomic mass is 32.2. The quantitative estimate of drug-likeness (QED) is 0.479. The molecule has 0 aliphatic rings. The number of aryl methyl sites for hydroxylation is 1. The van der Waals surface area contributed by atoms with Gasteiger partial charge >= 0.3 is 5.97 Å². The number of hydrogen-bond acceptors (Lipinski definition) is 6. The largest absolute Gasteiger partial charge is 0.480 e. The lowest BCUT2D eigenvalue weighted by molar-refractivity contribution is -0.136. The van der Waals surface area contributed by atoms with E-state index in [9.17, 15) is 9.90 Å². The Morgan fingerprint density at radius 1 is 1.27 bits per heavy atom. The monoisotopic (exact) mass is 371 g/mol. The summed E-state index contributed by atoms with van der Waals surface area (Å²) in [5.74, 6) is -0.831. The number of carboxylic acids is 1. The average molecular weight is 371 g/mol. The van der Waals surface area contributed by atoms with E-state index in [1.165, 1.54) is 23.7 Å². The number of fused-ring (bicyclic) bond motifs is 1. The van der Waals surface area contributed by atoms with Gasteiger partial charge in [-0.05, 0) is 18.9 Å². The van der Waals surface area contributed by atoms with Crippen molar-refractivity contribution in [1.82, 2.24) is 25.0 Å². The van der Waals surface area contributed by atoms with Crippen molar-refractivity contribution in [2.24, 2.45) is 0 Å². The van der Waals surface area contributed by atoms with E-state index >= 15 is 0 Å². The minimum atomic E-state index is -0.831. The highest BCUT2D eigenvalue weighted by Gasteiger charge is 2.22. The van der Waals surface area contributed by atoms with E-state index in [0.717, 1.165) is 18.4 Å². The molecule has 3 aromatic rings. The molecular weight excluding hydrogens is 350 g/mol. The van der Waals surface area contributed by atoms with Crippen molar-refractivity contribution in [2.75, 3.05) is 0 Å². The van der Waals surface area contributed by atoms with Crippen molar-refractivity contribution in [2.45, 2.75) is 49.9 Å². The number of benzene rings is 1. The molecule has 136 valence electrons. The van der Waals surface area contributed by atoms with E-state index in [2.05, 4.69) is 32.4 Å². The molecule has 0 fully saturated rings. The second-order valence-corrected chi connectivity index (χ2v) is 7.36. The second-order valence-electron chi connectivity index (χ2n) is 6.17. The van der Waals surface area contributed by atoms with Crippen LogP contribution in [0.25, 0.3) is 11.2 Å². The van der Waals surface area contributed by atoms with Crippen LogP contribution in [-0.2, 0) is 11.3 Å². The first-order valence-electron chi connectivity index (χ1n) is 8.57. The average Bonchev–Trinajstić information content (AvgIpc) is 3.04. The zero-order valence-corrected chi connectivity index (χ0v) is 15.6. The maximum absolute atomic E-state index is 11.5. The van der Waals surface area contributed by atoms with Gasteiger partial charge in [-0.1, -0.05) is 66.6 Å².